The number of benzene rings is 1. The van der Waals surface area contributed by atoms with Crippen LogP contribution in [0.4, 0.5) is 10.8 Å². The van der Waals surface area contributed by atoms with Crippen LogP contribution in [0.1, 0.15) is 12.6 Å². The van der Waals surface area contributed by atoms with Crippen molar-refractivity contribution in [2.24, 2.45) is 0 Å². The molecule has 0 atom stereocenters. The number of nitro groups is 1. The topological polar surface area (TPSA) is 85.1 Å². The van der Waals surface area contributed by atoms with Gasteiger partial charge in [-0.15, -0.1) is 0 Å². The van der Waals surface area contributed by atoms with E-state index in [2.05, 4.69) is 10.3 Å². The van der Waals surface area contributed by atoms with Crippen LogP contribution in [0.3, 0.4) is 0 Å². The molecule has 1 heterocycles. The van der Waals surface area contributed by atoms with Crippen molar-refractivity contribution in [1.82, 2.24) is 4.98 Å². The standard InChI is InChI=1S/C12H11N3O3S/c1-7-11(19-12(13-7)14-8(2)16)9-3-5-10(6-4-9)15(17)18/h3-6H,1-2H3,(H,13,14,16). The molecule has 1 aromatic carbocycles. The quantitative estimate of drug-likeness (QED) is 0.690. The highest BCUT2D eigenvalue weighted by atomic mass is 32.1. The summed E-state index contributed by atoms with van der Waals surface area (Å²) in [6.45, 7) is 3.25. The lowest BCUT2D eigenvalue weighted by Gasteiger charge is -1.98. The lowest BCUT2D eigenvalue weighted by molar-refractivity contribution is -0.384. The summed E-state index contributed by atoms with van der Waals surface area (Å²) < 4.78 is 0. The predicted octanol–water partition coefficient (Wildman–Crippen LogP) is 2.99. The lowest BCUT2D eigenvalue weighted by Crippen LogP contribution is -2.04. The molecule has 1 aromatic heterocycles. The molecule has 0 unspecified atom stereocenters. The molecule has 0 aliphatic rings. The van der Waals surface area contributed by atoms with Gasteiger partial charge < -0.3 is 5.32 Å². The number of carbonyl (C=O) groups excluding carboxylic acids is 1. The number of nitrogens with zero attached hydrogens (tertiary/aromatic N) is 2. The van der Waals surface area contributed by atoms with E-state index >= 15 is 0 Å². The molecular weight excluding hydrogens is 266 g/mol. The first-order chi connectivity index (χ1) is 8.97. The number of anilines is 1. The number of hydrogen-bond donors (Lipinski definition) is 1. The monoisotopic (exact) mass is 277 g/mol. The summed E-state index contributed by atoms with van der Waals surface area (Å²) in [7, 11) is 0. The molecule has 0 fully saturated rings. The molecule has 7 heteroatoms. The molecule has 2 aromatic rings. The van der Waals surface area contributed by atoms with E-state index in [1.807, 2.05) is 6.92 Å². The minimum atomic E-state index is -0.438. The molecule has 1 amide bonds. The van der Waals surface area contributed by atoms with Crippen LogP contribution in [0.5, 0.6) is 0 Å². The Morgan fingerprint density at radius 2 is 2.00 bits per heavy atom. The number of rotatable bonds is 3. The van der Waals surface area contributed by atoms with Crippen LogP contribution in [-0.2, 0) is 4.79 Å². The van der Waals surface area contributed by atoms with Gasteiger partial charge in [-0.25, -0.2) is 4.98 Å². The predicted molar refractivity (Wildman–Crippen MR) is 73.2 cm³/mol. The van der Waals surface area contributed by atoms with E-state index in [4.69, 9.17) is 0 Å². The van der Waals surface area contributed by atoms with E-state index in [-0.39, 0.29) is 11.6 Å². The van der Waals surface area contributed by atoms with Gasteiger partial charge in [0, 0.05) is 19.1 Å². The van der Waals surface area contributed by atoms with Crippen LogP contribution in [-0.4, -0.2) is 15.8 Å². The summed E-state index contributed by atoms with van der Waals surface area (Å²) >= 11 is 1.34. The Balaban J connectivity index is 2.33. The SMILES string of the molecule is CC(=O)Nc1nc(C)c(-c2ccc([N+](=O)[O-])cc2)s1. The first kappa shape index (κ1) is 13.2. The van der Waals surface area contributed by atoms with Crippen molar-refractivity contribution in [1.29, 1.82) is 0 Å². The molecule has 6 nitrogen and oxygen atoms in total. The Bertz CT molecular complexity index is 634. The highest BCUT2D eigenvalue weighted by molar-refractivity contribution is 7.19. The maximum Gasteiger partial charge on any atom is 0.269 e. The minimum Gasteiger partial charge on any atom is -0.302 e. The number of aromatic nitrogens is 1. The van der Waals surface area contributed by atoms with Crippen LogP contribution in [0.2, 0.25) is 0 Å². The van der Waals surface area contributed by atoms with Crippen molar-refractivity contribution in [3.05, 3.63) is 40.1 Å². The van der Waals surface area contributed by atoms with Gasteiger partial charge in [-0.2, -0.15) is 0 Å². The van der Waals surface area contributed by atoms with Crippen molar-refractivity contribution in [3.63, 3.8) is 0 Å². The van der Waals surface area contributed by atoms with Crippen molar-refractivity contribution >= 4 is 28.1 Å². The molecule has 0 bridgehead atoms. The number of carbonyl (C=O) groups is 1. The molecule has 2 rings (SSSR count). The highest BCUT2D eigenvalue weighted by Gasteiger charge is 2.12. The van der Waals surface area contributed by atoms with E-state index in [1.165, 1.54) is 30.4 Å². The van der Waals surface area contributed by atoms with Crippen molar-refractivity contribution in [3.8, 4) is 10.4 Å². The van der Waals surface area contributed by atoms with Crippen molar-refractivity contribution in [2.45, 2.75) is 13.8 Å². The molecule has 98 valence electrons. The van der Waals surface area contributed by atoms with Crippen LogP contribution in [0.15, 0.2) is 24.3 Å². The summed E-state index contributed by atoms with van der Waals surface area (Å²) in [6.07, 6.45) is 0. The first-order valence-electron chi connectivity index (χ1n) is 5.47. The van der Waals surface area contributed by atoms with Crippen LogP contribution >= 0.6 is 11.3 Å². The molecule has 0 saturated carbocycles. The van der Waals surface area contributed by atoms with Crippen molar-refractivity contribution in [2.75, 3.05) is 5.32 Å². The summed E-state index contributed by atoms with van der Waals surface area (Å²) in [5, 5.41) is 13.7. The molecule has 19 heavy (non-hydrogen) atoms. The van der Waals surface area contributed by atoms with E-state index in [1.54, 1.807) is 12.1 Å². The first-order valence-corrected chi connectivity index (χ1v) is 6.29. The molecular formula is C12H11N3O3S. The lowest BCUT2D eigenvalue weighted by atomic mass is 10.1. The van der Waals surface area contributed by atoms with Crippen LogP contribution in [0, 0.1) is 17.0 Å². The van der Waals surface area contributed by atoms with Gasteiger partial charge in [-0.05, 0) is 24.6 Å². The average molecular weight is 277 g/mol. The Kier molecular flexibility index (Phi) is 3.57. The molecule has 0 radical (unpaired) electrons. The zero-order chi connectivity index (χ0) is 14.0. The number of nitro benzene ring substituents is 1. The fourth-order valence-corrected chi connectivity index (χ4v) is 2.62. The summed E-state index contributed by atoms with van der Waals surface area (Å²) in [6, 6.07) is 6.26. The number of amides is 1. The molecule has 0 aliphatic heterocycles. The van der Waals surface area contributed by atoms with Gasteiger partial charge >= 0.3 is 0 Å². The Morgan fingerprint density at radius 1 is 1.37 bits per heavy atom. The number of non-ortho nitro benzene ring substituents is 1. The largest absolute Gasteiger partial charge is 0.302 e. The number of aryl methyl sites for hydroxylation is 1. The van der Waals surface area contributed by atoms with Gasteiger partial charge in [0.25, 0.3) is 5.69 Å². The molecule has 0 saturated heterocycles. The molecule has 0 spiro atoms. The third-order valence-electron chi connectivity index (χ3n) is 2.42. The molecule has 1 N–H and O–H groups in total. The number of thiazole rings is 1. The van der Waals surface area contributed by atoms with Gasteiger partial charge in [0.1, 0.15) is 0 Å². The van der Waals surface area contributed by atoms with E-state index in [0.717, 1.165) is 16.1 Å². The average Bonchev–Trinajstić information content (AvgIpc) is 2.69. The molecule has 0 aliphatic carbocycles. The number of nitrogens with one attached hydrogen (secondary N) is 1. The number of hydrogen-bond acceptors (Lipinski definition) is 5. The summed E-state index contributed by atoms with van der Waals surface area (Å²) in [4.78, 5) is 26.2. The van der Waals surface area contributed by atoms with Crippen molar-refractivity contribution < 1.29 is 9.72 Å². The van der Waals surface area contributed by atoms with E-state index in [0.29, 0.717) is 5.13 Å². The maximum atomic E-state index is 11.0. The second kappa shape index (κ2) is 5.15. The highest BCUT2D eigenvalue weighted by Crippen LogP contribution is 2.33. The Labute approximate surface area is 113 Å². The normalized spacial score (nSPS) is 10.2. The van der Waals surface area contributed by atoms with Gasteiger partial charge in [0.2, 0.25) is 5.91 Å². The van der Waals surface area contributed by atoms with E-state index in [9.17, 15) is 14.9 Å². The summed E-state index contributed by atoms with van der Waals surface area (Å²) in [5.41, 5.74) is 1.67. The summed E-state index contributed by atoms with van der Waals surface area (Å²) in [5.74, 6) is -0.177. The third-order valence-corrected chi connectivity index (χ3v) is 3.54. The maximum absolute atomic E-state index is 11.0. The van der Waals surface area contributed by atoms with Crippen LogP contribution in [0.25, 0.3) is 10.4 Å². The minimum absolute atomic E-state index is 0.0491. The zero-order valence-electron chi connectivity index (χ0n) is 10.3. The van der Waals surface area contributed by atoms with Crippen LogP contribution < -0.4 is 5.32 Å². The third kappa shape index (κ3) is 2.94. The smallest absolute Gasteiger partial charge is 0.269 e. The second-order valence-corrected chi connectivity index (χ2v) is 4.92. The second-order valence-electron chi connectivity index (χ2n) is 3.92. The fourth-order valence-electron chi connectivity index (χ4n) is 1.60. The zero-order valence-corrected chi connectivity index (χ0v) is 11.2. The van der Waals surface area contributed by atoms with Gasteiger partial charge in [0.15, 0.2) is 5.13 Å². The Hall–Kier alpha value is -2.28. The Morgan fingerprint density at radius 3 is 2.53 bits per heavy atom. The van der Waals surface area contributed by atoms with Gasteiger partial charge in [-0.1, -0.05) is 11.3 Å². The fraction of sp³-hybridized carbons (Fsp3) is 0.167. The van der Waals surface area contributed by atoms with E-state index < -0.39 is 4.92 Å². The van der Waals surface area contributed by atoms with Gasteiger partial charge in [0.05, 0.1) is 15.5 Å². The van der Waals surface area contributed by atoms with Gasteiger partial charge in [-0.3, -0.25) is 14.9 Å².